The lowest BCUT2D eigenvalue weighted by Crippen LogP contribution is -2.38. The Kier molecular flexibility index (Phi) is 7.69. The number of hydrogen-bond acceptors (Lipinski definition) is 4. The average Bonchev–Trinajstić information content (AvgIpc) is 2.47. The fraction of sp³-hybridized carbons (Fsp3) is 0.533. The lowest BCUT2D eigenvalue weighted by molar-refractivity contribution is -0.119. The number of nitrogens with zero attached hydrogens (tertiary/aromatic N) is 1. The first-order chi connectivity index (χ1) is 9.71. The molecule has 112 valence electrons. The van der Waals surface area contributed by atoms with Crippen molar-refractivity contribution < 1.29 is 9.53 Å². The molecular weight excluding hydrogens is 254 g/mol. The molecule has 0 fully saturated rings. The number of benzene rings is 1. The van der Waals surface area contributed by atoms with Crippen LogP contribution in [0.15, 0.2) is 24.3 Å². The molecule has 1 rings (SSSR count). The quantitative estimate of drug-likeness (QED) is 0.665. The Morgan fingerprint density at radius 1 is 1.35 bits per heavy atom. The molecular formula is C15H25N3O2. The van der Waals surface area contributed by atoms with Crippen LogP contribution < -0.4 is 16.0 Å². The molecule has 0 aliphatic rings. The average molecular weight is 279 g/mol. The highest BCUT2D eigenvalue weighted by molar-refractivity contribution is 5.81. The van der Waals surface area contributed by atoms with Crippen molar-refractivity contribution in [1.82, 2.24) is 5.32 Å². The van der Waals surface area contributed by atoms with Gasteiger partial charge in [0.1, 0.15) is 0 Å². The van der Waals surface area contributed by atoms with Crippen molar-refractivity contribution in [2.75, 3.05) is 38.3 Å². The molecule has 5 heteroatoms. The Labute approximate surface area is 121 Å². The minimum atomic E-state index is 0.0124. The molecule has 0 radical (unpaired) electrons. The Bertz CT molecular complexity index is 393. The first-order valence-corrected chi connectivity index (χ1v) is 7.00. The van der Waals surface area contributed by atoms with Gasteiger partial charge in [-0.15, -0.1) is 0 Å². The maximum Gasteiger partial charge on any atom is 0.239 e. The van der Waals surface area contributed by atoms with Gasteiger partial charge in [-0.25, -0.2) is 0 Å². The van der Waals surface area contributed by atoms with Crippen LogP contribution in [0.3, 0.4) is 0 Å². The summed E-state index contributed by atoms with van der Waals surface area (Å²) in [7, 11) is 1.62. The van der Waals surface area contributed by atoms with Crippen molar-refractivity contribution in [2.45, 2.75) is 19.9 Å². The summed E-state index contributed by atoms with van der Waals surface area (Å²) in [6, 6.07) is 8.03. The summed E-state index contributed by atoms with van der Waals surface area (Å²) in [5.41, 5.74) is 7.73. The van der Waals surface area contributed by atoms with Crippen molar-refractivity contribution in [2.24, 2.45) is 5.73 Å². The molecule has 0 aromatic heterocycles. The minimum Gasteiger partial charge on any atom is -0.383 e. The van der Waals surface area contributed by atoms with E-state index in [1.54, 1.807) is 7.11 Å². The monoisotopic (exact) mass is 279 g/mol. The van der Waals surface area contributed by atoms with E-state index < -0.39 is 0 Å². The largest absolute Gasteiger partial charge is 0.383 e. The Hall–Kier alpha value is -1.59. The van der Waals surface area contributed by atoms with Gasteiger partial charge in [0.25, 0.3) is 0 Å². The van der Waals surface area contributed by atoms with Crippen molar-refractivity contribution in [3.63, 3.8) is 0 Å². The summed E-state index contributed by atoms with van der Waals surface area (Å²) in [4.78, 5) is 13.9. The van der Waals surface area contributed by atoms with Crippen LogP contribution in [-0.4, -0.2) is 39.3 Å². The van der Waals surface area contributed by atoms with Gasteiger partial charge in [-0.3, -0.25) is 4.79 Å². The van der Waals surface area contributed by atoms with Gasteiger partial charge in [-0.05, 0) is 24.1 Å². The smallest absolute Gasteiger partial charge is 0.239 e. The summed E-state index contributed by atoms with van der Waals surface area (Å²) in [5, 5.41) is 2.84. The van der Waals surface area contributed by atoms with E-state index in [9.17, 15) is 4.79 Å². The highest BCUT2D eigenvalue weighted by Gasteiger charge is 2.10. The summed E-state index contributed by atoms with van der Waals surface area (Å²) < 4.78 is 4.91. The molecule has 0 spiro atoms. The Balaban J connectivity index is 2.60. The molecule has 0 bridgehead atoms. The third-order valence-electron chi connectivity index (χ3n) is 2.99. The lowest BCUT2D eigenvalue weighted by atomic mass is 10.2. The first kappa shape index (κ1) is 16.5. The number of ether oxygens (including phenoxy) is 1. The molecule has 0 saturated heterocycles. The van der Waals surface area contributed by atoms with Crippen LogP contribution in [0.25, 0.3) is 0 Å². The predicted octanol–water partition coefficient (Wildman–Crippen LogP) is 1.12. The predicted molar refractivity (Wildman–Crippen MR) is 81.7 cm³/mol. The summed E-state index contributed by atoms with van der Waals surface area (Å²) in [6.07, 6.45) is 0.990. The van der Waals surface area contributed by atoms with E-state index in [0.29, 0.717) is 26.2 Å². The van der Waals surface area contributed by atoms with Gasteiger partial charge in [0.2, 0.25) is 5.91 Å². The number of carbonyl (C=O) groups is 1. The molecule has 1 amide bonds. The van der Waals surface area contributed by atoms with E-state index in [0.717, 1.165) is 24.2 Å². The summed E-state index contributed by atoms with van der Waals surface area (Å²) >= 11 is 0. The van der Waals surface area contributed by atoms with Gasteiger partial charge >= 0.3 is 0 Å². The van der Waals surface area contributed by atoms with Crippen LogP contribution in [0.5, 0.6) is 0 Å². The molecule has 0 unspecified atom stereocenters. The third-order valence-corrected chi connectivity index (χ3v) is 2.99. The first-order valence-electron chi connectivity index (χ1n) is 7.00. The number of amides is 1. The van der Waals surface area contributed by atoms with Crippen molar-refractivity contribution >= 4 is 11.6 Å². The van der Waals surface area contributed by atoms with E-state index in [2.05, 4.69) is 17.1 Å². The standard InChI is InChI=1S/C15H25N3O2/c1-3-9-18(12-15(19)17-8-10-20-2)14-6-4-13(11-16)5-7-14/h4-7H,3,8-12,16H2,1-2H3,(H,17,19). The van der Waals surface area contributed by atoms with Gasteiger partial charge in [-0.1, -0.05) is 19.1 Å². The molecule has 0 heterocycles. The van der Waals surface area contributed by atoms with Crippen LogP contribution in [0.1, 0.15) is 18.9 Å². The van der Waals surface area contributed by atoms with Gasteiger partial charge in [0.05, 0.1) is 13.2 Å². The van der Waals surface area contributed by atoms with Crippen molar-refractivity contribution in [3.8, 4) is 0 Å². The van der Waals surface area contributed by atoms with Crippen LogP contribution >= 0.6 is 0 Å². The van der Waals surface area contributed by atoms with E-state index in [1.165, 1.54) is 0 Å². The fourth-order valence-electron chi connectivity index (χ4n) is 1.93. The lowest BCUT2D eigenvalue weighted by Gasteiger charge is -2.24. The zero-order valence-electron chi connectivity index (χ0n) is 12.4. The number of rotatable bonds is 9. The number of nitrogens with two attached hydrogens (primary N) is 1. The van der Waals surface area contributed by atoms with Crippen LogP contribution in [-0.2, 0) is 16.1 Å². The molecule has 1 aromatic carbocycles. The maximum atomic E-state index is 11.9. The van der Waals surface area contributed by atoms with Crippen molar-refractivity contribution in [1.29, 1.82) is 0 Å². The van der Waals surface area contributed by atoms with E-state index in [4.69, 9.17) is 10.5 Å². The molecule has 0 atom stereocenters. The molecule has 3 N–H and O–H groups in total. The van der Waals surface area contributed by atoms with E-state index in [1.807, 2.05) is 24.3 Å². The maximum absolute atomic E-state index is 11.9. The second kappa shape index (κ2) is 9.34. The van der Waals surface area contributed by atoms with Gasteiger partial charge in [0, 0.05) is 32.4 Å². The molecule has 5 nitrogen and oxygen atoms in total. The molecule has 0 saturated carbocycles. The third kappa shape index (κ3) is 5.59. The second-order valence-electron chi connectivity index (χ2n) is 4.63. The summed E-state index contributed by atoms with van der Waals surface area (Å²) in [6.45, 7) is 4.92. The van der Waals surface area contributed by atoms with Crippen LogP contribution in [0.2, 0.25) is 0 Å². The minimum absolute atomic E-state index is 0.0124. The second-order valence-corrected chi connectivity index (χ2v) is 4.63. The number of carbonyl (C=O) groups excluding carboxylic acids is 1. The van der Waals surface area contributed by atoms with E-state index in [-0.39, 0.29) is 5.91 Å². The number of anilines is 1. The van der Waals surface area contributed by atoms with Gasteiger partial charge in [0.15, 0.2) is 0 Å². The molecule has 0 aliphatic heterocycles. The zero-order chi connectivity index (χ0) is 14.8. The van der Waals surface area contributed by atoms with Crippen LogP contribution in [0.4, 0.5) is 5.69 Å². The van der Waals surface area contributed by atoms with Crippen molar-refractivity contribution in [3.05, 3.63) is 29.8 Å². The fourth-order valence-corrected chi connectivity index (χ4v) is 1.93. The molecule has 20 heavy (non-hydrogen) atoms. The van der Waals surface area contributed by atoms with E-state index >= 15 is 0 Å². The Morgan fingerprint density at radius 3 is 2.60 bits per heavy atom. The summed E-state index contributed by atoms with van der Waals surface area (Å²) in [5.74, 6) is 0.0124. The number of hydrogen-bond donors (Lipinski definition) is 2. The zero-order valence-corrected chi connectivity index (χ0v) is 12.4. The molecule has 1 aromatic rings. The number of nitrogens with one attached hydrogen (secondary N) is 1. The van der Waals surface area contributed by atoms with Crippen LogP contribution in [0, 0.1) is 0 Å². The number of methoxy groups -OCH3 is 1. The highest BCUT2D eigenvalue weighted by atomic mass is 16.5. The SMILES string of the molecule is CCCN(CC(=O)NCCOC)c1ccc(CN)cc1. The topological polar surface area (TPSA) is 67.6 Å². The Morgan fingerprint density at radius 2 is 2.05 bits per heavy atom. The normalized spacial score (nSPS) is 10.3. The van der Waals surface area contributed by atoms with Gasteiger partial charge < -0.3 is 20.7 Å². The van der Waals surface area contributed by atoms with Gasteiger partial charge in [-0.2, -0.15) is 0 Å². The highest BCUT2D eigenvalue weighted by Crippen LogP contribution is 2.15. The molecule has 0 aliphatic carbocycles.